The van der Waals surface area contributed by atoms with Crippen LogP contribution in [0.4, 0.5) is 0 Å². The number of esters is 1. The van der Waals surface area contributed by atoms with Crippen LogP contribution in [0.1, 0.15) is 39.0 Å². The van der Waals surface area contributed by atoms with E-state index < -0.39 is 29.7 Å². The van der Waals surface area contributed by atoms with Crippen LogP contribution in [0.25, 0.3) is 22.1 Å². The molecule has 1 aromatic heterocycles. The van der Waals surface area contributed by atoms with E-state index in [0.717, 1.165) is 6.07 Å². The number of aromatic hydroxyl groups is 2. The molecule has 2 aromatic carbocycles. The summed E-state index contributed by atoms with van der Waals surface area (Å²) in [6.45, 7) is 6.37. The number of aliphatic hydroxyl groups excluding tert-OH is 1. The predicted molar refractivity (Wildman–Crippen MR) is 125 cm³/mol. The van der Waals surface area contributed by atoms with Gasteiger partial charge in [-0.2, -0.15) is 0 Å². The highest BCUT2D eigenvalue weighted by atomic mass is 16.6. The van der Waals surface area contributed by atoms with Crippen molar-refractivity contribution in [3.05, 3.63) is 63.5 Å². The van der Waals surface area contributed by atoms with Gasteiger partial charge in [0, 0.05) is 23.6 Å². The Labute approximate surface area is 195 Å². The third-order valence-corrected chi connectivity index (χ3v) is 6.07. The molecule has 1 aliphatic heterocycles. The van der Waals surface area contributed by atoms with E-state index >= 15 is 0 Å². The standard InChI is InChI=1S/C26H26O8/c1-5-13(2)25(31)33-19-11-17-22(30)21-18(29)10-16(12-27)32-24(21)20(23(17)34-26(19,3)4)14-7-6-8-15(28)9-14/h5-10,19,27-28,30H,11-12H2,1-4H3/t19-/m0/s1. The van der Waals surface area contributed by atoms with Crippen LogP contribution in [-0.4, -0.2) is 33.0 Å². The first-order valence-electron chi connectivity index (χ1n) is 10.8. The molecular formula is C26H26O8. The number of fused-ring (bicyclic) bond motifs is 2. The zero-order chi connectivity index (χ0) is 24.8. The number of phenols is 2. The summed E-state index contributed by atoms with van der Waals surface area (Å²) in [4.78, 5) is 25.4. The van der Waals surface area contributed by atoms with Crippen molar-refractivity contribution in [2.75, 3.05) is 0 Å². The van der Waals surface area contributed by atoms with E-state index in [0.29, 0.717) is 16.7 Å². The third kappa shape index (κ3) is 3.90. The van der Waals surface area contributed by atoms with Gasteiger partial charge in [0.1, 0.15) is 46.7 Å². The molecule has 0 aliphatic carbocycles. The first-order valence-corrected chi connectivity index (χ1v) is 10.8. The van der Waals surface area contributed by atoms with Gasteiger partial charge in [-0.1, -0.05) is 18.2 Å². The van der Waals surface area contributed by atoms with Crippen LogP contribution in [0.5, 0.6) is 17.2 Å². The quantitative estimate of drug-likeness (QED) is 0.390. The predicted octanol–water partition coefficient (Wildman–Crippen LogP) is 3.96. The average molecular weight is 466 g/mol. The molecule has 0 bridgehead atoms. The maximum atomic E-state index is 12.9. The number of carbonyl (C=O) groups is 1. The van der Waals surface area contributed by atoms with Crippen molar-refractivity contribution in [2.24, 2.45) is 0 Å². The molecule has 34 heavy (non-hydrogen) atoms. The average Bonchev–Trinajstić information content (AvgIpc) is 2.78. The van der Waals surface area contributed by atoms with Crippen molar-refractivity contribution < 1.29 is 34.0 Å². The summed E-state index contributed by atoms with van der Waals surface area (Å²) in [6, 6.07) is 7.42. The summed E-state index contributed by atoms with van der Waals surface area (Å²) >= 11 is 0. The smallest absolute Gasteiger partial charge is 0.333 e. The largest absolute Gasteiger partial charge is 0.508 e. The summed E-state index contributed by atoms with van der Waals surface area (Å²) in [7, 11) is 0. The van der Waals surface area contributed by atoms with E-state index in [2.05, 4.69) is 0 Å². The Morgan fingerprint density at radius 2 is 2.00 bits per heavy atom. The molecule has 1 atom stereocenters. The van der Waals surface area contributed by atoms with Gasteiger partial charge < -0.3 is 29.2 Å². The molecule has 3 aromatic rings. The lowest BCUT2D eigenvalue weighted by Crippen LogP contribution is -2.49. The van der Waals surface area contributed by atoms with Gasteiger partial charge in [0.25, 0.3) is 0 Å². The van der Waals surface area contributed by atoms with E-state index in [9.17, 15) is 24.9 Å². The minimum atomic E-state index is -1.00. The fourth-order valence-electron chi connectivity index (χ4n) is 4.04. The van der Waals surface area contributed by atoms with Crippen LogP contribution in [0.2, 0.25) is 0 Å². The molecular weight excluding hydrogens is 440 g/mol. The second kappa shape index (κ2) is 8.53. The molecule has 2 heterocycles. The lowest BCUT2D eigenvalue weighted by Gasteiger charge is -2.40. The van der Waals surface area contributed by atoms with Gasteiger partial charge in [-0.3, -0.25) is 4.79 Å². The number of allylic oxidation sites excluding steroid dienone is 1. The number of aliphatic hydroxyl groups is 1. The topological polar surface area (TPSA) is 126 Å². The Bertz CT molecular complexity index is 1380. The maximum Gasteiger partial charge on any atom is 0.333 e. The van der Waals surface area contributed by atoms with Crippen LogP contribution >= 0.6 is 0 Å². The zero-order valence-electron chi connectivity index (χ0n) is 19.3. The van der Waals surface area contributed by atoms with Gasteiger partial charge in [0.15, 0.2) is 11.0 Å². The number of benzene rings is 2. The highest BCUT2D eigenvalue weighted by Crippen LogP contribution is 2.50. The maximum absolute atomic E-state index is 12.9. The fraction of sp³-hybridized carbons (Fsp3) is 0.308. The van der Waals surface area contributed by atoms with E-state index in [1.807, 2.05) is 0 Å². The van der Waals surface area contributed by atoms with Crippen molar-refractivity contribution in [3.63, 3.8) is 0 Å². The molecule has 4 rings (SSSR count). The van der Waals surface area contributed by atoms with Crippen molar-refractivity contribution in [1.82, 2.24) is 0 Å². The number of hydrogen-bond donors (Lipinski definition) is 3. The molecule has 0 fully saturated rings. The molecule has 0 saturated heterocycles. The van der Waals surface area contributed by atoms with Crippen LogP contribution in [0.3, 0.4) is 0 Å². The van der Waals surface area contributed by atoms with Crippen LogP contribution in [0, 0.1) is 0 Å². The van der Waals surface area contributed by atoms with Gasteiger partial charge >= 0.3 is 5.97 Å². The summed E-state index contributed by atoms with van der Waals surface area (Å²) in [5.74, 6) is -0.604. The third-order valence-electron chi connectivity index (χ3n) is 6.07. The Hall–Kier alpha value is -3.78. The van der Waals surface area contributed by atoms with Gasteiger partial charge in [0.2, 0.25) is 0 Å². The molecule has 3 N–H and O–H groups in total. The number of carbonyl (C=O) groups excluding carboxylic acids is 1. The molecule has 0 amide bonds. The Morgan fingerprint density at radius 3 is 2.65 bits per heavy atom. The van der Waals surface area contributed by atoms with Crippen molar-refractivity contribution in [1.29, 1.82) is 0 Å². The Morgan fingerprint density at radius 1 is 1.26 bits per heavy atom. The lowest BCUT2D eigenvalue weighted by molar-refractivity contribution is -0.156. The van der Waals surface area contributed by atoms with Gasteiger partial charge in [-0.25, -0.2) is 4.79 Å². The van der Waals surface area contributed by atoms with E-state index in [-0.39, 0.29) is 46.0 Å². The minimum absolute atomic E-state index is 0.0157. The molecule has 0 saturated carbocycles. The van der Waals surface area contributed by atoms with Gasteiger partial charge in [-0.05, 0) is 45.4 Å². The van der Waals surface area contributed by atoms with E-state index in [1.165, 1.54) is 12.1 Å². The second-order valence-corrected chi connectivity index (χ2v) is 8.80. The van der Waals surface area contributed by atoms with E-state index in [1.54, 1.807) is 45.9 Å². The SMILES string of the molecule is CC=C(C)C(=O)O[C@H]1Cc2c(c(-c3cccc(O)c3)c3oc(CO)cc(=O)c3c2O)OC1(C)C. The first kappa shape index (κ1) is 23.4. The minimum Gasteiger partial charge on any atom is -0.508 e. The van der Waals surface area contributed by atoms with E-state index in [4.69, 9.17) is 13.9 Å². The fourth-order valence-corrected chi connectivity index (χ4v) is 4.04. The monoisotopic (exact) mass is 466 g/mol. The zero-order valence-corrected chi connectivity index (χ0v) is 19.3. The molecule has 0 spiro atoms. The molecule has 0 radical (unpaired) electrons. The molecule has 0 unspecified atom stereocenters. The van der Waals surface area contributed by atoms with Crippen LogP contribution in [-0.2, 0) is 22.6 Å². The van der Waals surface area contributed by atoms with Gasteiger partial charge in [-0.15, -0.1) is 0 Å². The summed E-state index contributed by atoms with van der Waals surface area (Å²) in [5.41, 5.74) is 0.0118. The summed E-state index contributed by atoms with van der Waals surface area (Å²) in [6.07, 6.45) is 0.966. The molecule has 8 heteroatoms. The van der Waals surface area contributed by atoms with Gasteiger partial charge in [0.05, 0.1) is 5.56 Å². The number of ether oxygens (including phenoxy) is 2. The summed E-state index contributed by atoms with van der Waals surface area (Å²) < 4.78 is 17.8. The van der Waals surface area contributed by atoms with Crippen molar-refractivity contribution in [2.45, 2.75) is 52.4 Å². The molecule has 1 aliphatic rings. The molecule has 178 valence electrons. The highest BCUT2D eigenvalue weighted by Gasteiger charge is 2.43. The Balaban J connectivity index is 2.02. The first-order chi connectivity index (χ1) is 16.1. The Kier molecular flexibility index (Phi) is 5.87. The van der Waals surface area contributed by atoms with Crippen molar-refractivity contribution in [3.8, 4) is 28.4 Å². The summed E-state index contributed by atoms with van der Waals surface area (Å²) in [5, 5.41) is 30.7. The van der Waals surface area contributed by atoms with Crippen molar-refractivity contribution >= 4 is 16.9 Å². The number of phenolic OH excluding ortho intramolecular Hbond substituents is 2. The lowest BCUT2D eigenvalue weighted by atomic mass is 9.86. The number of hydrogen-bond acceptors (Lipinski definition) is 8. The highest BCUT2D eigenvalue weighted by molar-refractivity contribution is 6.01. The second-order valence-electron chi connectivity index (χ2n) is 8.80. The number of rotatable bonds is 4. The van der Waals surface area contributed by atoms with Crippen LogP contribution < -0.4 is 10.2 Å². The normalized spacial score (nSPS) is 17.2. The van der Waals surface area contributed by atoms with Crippen LogP contribution in [0.15, 0.2) is 51.2 Å². The molecule has 8 nitrogen and oxygen atoms in total.